The van der Waals surface area contributed by atoms with Crippen LogP contribution in [0.1, 0.15) is 5.56 Å². The molecule has 2 N–H and O–H groups in total. The summed E-state index contributed by atoms with van der Waals surface area (Å²) in [6, 6.07) is 6.34. The minimum absolute atomic E-state index is 0.631. The highest BCUT2D eigenvalue weighted by atomic mass is 32.2. The zero-order valence-electron chi connectivity index (χ0n) is 11.3. The van der Waals surface area contributed by atoms with Crippen LogP contribution in [0, 0.1) is 6.92 Å². The fourth-order valence-corrected chi connectivity index (χ4v) is 3.54. The van der Waals surface area contributed by atoms with E-state index in [0.29, 0.717) is 5.95 Å². The molecule has 0 radical (unpaired) electrons. The molecule has 1 fully saturated rings. The molecule has 1 aliphatic rings. The number of hydrogen-bond donors (Lipinski definition) is 1. The van der Waals surface area contributed by atoms with Crippen LogP contribution in [0.15, 0.2) is 18.2 Å². The smallest absolute Gasteiger partial charge is 0.201 e. The lowest BCUT2D eigenvalue weighted by Gasteiger charge is -2.26. The van der Waals surface area contributed by atoms with Crippen molar-refractivity contribution in [1.82, 2.24) is 14.5 Å². The maximum atomic E-state index is 6.05. The van der Waals surface area contributed by atoms with Gasteiger partial charge in [-0.25, -0.2) is 4.98 Å². The summed E-state index contributed by atoms with van der Waals surface area (Å²) in [6.07, 6.45) is 0. The first-order valence-electron chi connectivity index (χ1n) is 6.76. The number of nitrogens with zero attached hydrogens (tertiary/aromatic N) is 3. The minimum Gasteiger partial charge on any atom is -0.369 e. The average Bonchev–Trinajstić information content (AvgIpc) is 2.72. The van der Waals surface area contributed by atoms with Crippen LogP contribution in [0.3, 0.4) is 0 Å². The van der Waals surface area contributed by atoms with Crippen molar-refractivity contribution < 1.29 is 0 Å². The van der Waals surface area contributed by atoms with Crippen molar-refractivity contribution >= 4 is 28.7 Å². The minimum atomic E-state index is 0.631. The number of rotatable bonds is 3. The number of anilines is 1. The monoisotopic (exact) mass is 276 g/mol. The summed E-state index contributed by atoms with van der Waals surface area (Å²) in [5.41, 5.74) is 9.43. The Labute approximate surface area is 118 Å². The Morgan fingerprint density at radius 3 is 2.84 bits per heavy atom. The summed E-state index contributed by atoms with van der Waals surface area (Å²) in [5.74, 6) is 3.13. The largest absolute Gasteiger partial charge is 0.369 e. The first-order valence-corrected chi connectivity index (χ1v) is 7.92. The second kappa shape index (κ2) is 5.43. The second-order valence-corrected chi connectivity index (χ2v) is 6.29. The number of fused-ring (bicyclic) bond motifs is 1. The molecule has 1 aromatic carbocycles. The first kappa shape index (κ1) is 12.8. The van der Waals surface area contributed by atoms with E-state index in [1.165, 1.54) is 30.2 Å². The Morgan fingerprint density at radius 2 is 2.05 bits per heavy atom. The lowest BCUT2D eigenvalue weighted by Crippen LogP contribution is -2.35. The van der Waals surface area contributed by atoms with Gasteiger partial charge < -0.3 is 10.3 Å². The van der Waals surface area contributed by atoms with Gasteiger partial charge in [-0.15, -0.1) is 0 Å². The second-order valence-electron chi connectivity index (χ2n) is 5.07. The van der Waals surface area contributed by atoms with Gasteiger partial charge in [0, 0.05) is 37.7 Å². The molecular formula is C14H20N4S. The van der Waals surface area contributed by atoms with Crippen LogP contribution in [0.4, 0.5) is 5.95 Å². The highest BCUT2D eigenvalue weighted by Gasteiger charge is 2.12. The van der Waals surface area contributed by atoms with Crippen molar-refractivity contribution in [3.63, 3.8) is 0 Å². The highest BCUT2D eigenvalue weighted by Crippen LogP contribution is 2.19. The van der Waals surface area contributed by atoms with Crippen LogP contribution in [0.2, 0.25) is 0 Å². The van der Waals surface area contributed by atoms with Crippen LogP contribution in [-0.4, -0.2) is 45.6 Å². The zero-order valence-corrected chi connectivity index (χ0v) is 12.1. The Hall–Kier alpha value is -1.20. The molecule has 102 valence electrons. The number of nitrogens with two attached hydrogens (primary N) is 1. The summed E-state index contributed by atoms with van der Waals surface area (Å²) in [5, 5.41) is 0. The van der Waals surface area contributed by atoms with E-state index in [4.69, 9.17) is 5.73 Å². The van der Waals surface area contributed by atoms with E-state index >= 15 is 0 Å². The third kappa shape index (κ3) is 2.72. The lowest BCUT2D eigenvalue weighted by molar-refractivity contribution is 0.291. The third-order valence-corrected chi connectivity index (χ3v) is 4.62. The Morgan fingerprint density at radius 1 is 1.26 bits per heavy atom. The number of hydrogen-bond acceptors (Lipinski definition) is 4. The molecule has 5 heteroatoms. The molecule has 1 saturated heterocycles. The van der Waals surface area contributed by atoms with Gasteiger partial charge in [0.05, 0.1) is 11.0 Å². The van der Waals surface area contributed by atoms with Crippen molar-refractivity contribution in [2.75, 3.05) is 36.9 Å². The average molecular weight is 276 g/mol. The molecule has 4 nitrogen and oxygen atoms in total. The summed E-state index contributed by atoms with van der Waals surface area (Å²) < 4.78 is 2.14. The van der Waals surface area contributed by atoms with Gasteiger partial charge in [0.25, 0.3) is 0 Å². The Bertz CT molecular complexity index is 572. The quantitative estimate of drug-likeness (QED) is 0.931. The van der Waals surface area contributed by atoms with Crippen molar-refractivity contribution in [3.8, 4) is 0 Å². The van der Waals surface area contributed by atoms with Crippen LogP contribution >= 0.6 is 11.8 Å². The normalized spacial score (nSPS) is 17.1. The zero-order chi connectivity index (χ0) is 13.2. The van der Waals surface area contributed by atoms with E-state index in [9.17, 15) is 0 Å². The maximum Gasteiger partial charge on any atom is 0.201 e. The molecule has 3 rings (SSSR count). The van der Waals surface area contributed by atoms with E-state index in [1.807, 2.05) is 11.8 Å². The van der Waals surface area contributed by atoms with Crippen molar-refractivity contribution in [2.45, 2.75) is 13.5 Å². The van der Waals surface area contributed by atoms with Crippen LogP contribution in [-0.2, 0) is 6.54 Å². The van der Waals surface area contributed by atoms with Crippen molar-refractivity contribution in [2.24, 2.45) is 0 Å². The molecule has 19 heavy (non-hydrogen) atoms. The molecule has 2 heterocycles. The molecule has 0 atom stereocenters. The van der Waals surface area contributed by atoms with Gasteiger partial charge in [0.1, 0.15) is 0 Å². The molecule has 1 aliphatic heterocycles. The van der Waals surface area contributed by atoms with Crippen LogP contribution in [0.25, 0.3) is 11.0 Å². The molecule has 0 amide bonds. The number of nitrogen functional groups attached to an aromatic ring is 1. The van der Waals surface area contributed by atoms with Crippen molar-refractivity contribution in [1.29, 1.82) is 0 Å². The van der Waals surface area contributed by atoms with Gasteiger partial charge in [-0.3, -0.25) is 4.90 Å². The predicted octanol–water partition coefficient (Wildman–Crippen LogP) is 1.98. The number of imidazole rings is 1. The van der Waals surface area contributed by atoms with Crippen molar-refractivity contribution in [3.05, 3.63) is 23.8 Å². The fourth-order valence-electron chi connectivity index (χ4n) is 2.56. The van der Waals surface area contributed by atoms with Gasteiger partial charge in [0.2, 0.25) is 5.95 Å². The Balaban J connectivity index is 1.78. The van der Waals surface area contributed by atoms with E-state index in [1.54, 1.807) is 0 Å². The van der Waals surface area contributed by atoms with Crippen LogP contribution < -0.4 is 5.73 Å². The standard InChI is InChI=1S/C14H20N4S/c1-11-2-3-13-12(10-11)16-14(15)18(13)5-4-17-6-8-19-9-7-17/h2-3,10H,4-9H2,1H3,(H2,15,16). The first-order chi connectivity index (χ1) is 9.24. The SMILES string of the molecule is Cc1ccc2c(c1)nc(N)n2CCN1CCSCC1. The van der Waals surface area contributed by atoms with E-state index in [2.05, 4.69) is 39.6 Å². The summed E-state index contributed by atoms with van der Waals surface area (Å²) >= 11 is 2.04. The van der Waals surface area contributed by atoms with E-state index in [-0.39, 0.29) is 0 Å². The molecule has 2 aromatic rings. The van der Waals surface area contributed by atoms with Gasteiger partial charge in [-0.05, 0) is 24.6 Å². The van der Waals surface area contributed by atoms with Gasteiger partial charge in [-0.1, -0.05) is 6.07 Å². The lowest BCUT2D eigenvalue weighted by atomic mass is 10.2. The highest BCUT2D eigenvalue weighted by molar-refractivity contribution is 7.99. The number of aromatic nitrogens is 2. The summed E-state index contributed by atoms with van der Waals surface area (Å²) in [6.45, 7) is 6.45. The van der Waals surface area contributed by atoms with E-state index in [0.717, 1.165) is 24.1 Å². The molecule has 0 aliphatic carbocycles. The molecular weight excluding hydrogens is 256 g/mol. The van der Waals surface area contributed by atoms with Gasteiger partial charge in [0.15, 0.2) is 0 Å². The molecule has 0 bridgehead atoms. The number of benzene rings is 1. The molecule has 0 unspecified atom stereocenters. The third-order valence-electron chi connectivity index (χ3n) is 3.68. The summed E-state index contributed by atoms with van der Waals surface area (Å²) in [4.78, 5) is 6.97. The number of thioether (sulfide) groups is 1. The van der Waals surface area contributed by atoms with Gasteiger partial charge >= 0.3 is 0 Å². The van der Waals surface area contributed by atoms with Crippen LogP contribution in [0.5, 0.6) is 0 Å². The molecule has 0 spiro atoms. The fraction of sp³-hybridized carbons (Fsp3) is 0.500. The topological polar surface area (TPSA) is 47.1 Å². The molecule has 0 saturated carbocycles. The van der Waals surface area contributed by atoms with E-state index < -0.39 is 0 Å². The Kier molecular flexibility index (Phi) is 3.66. The summed E-state index contributed by atoms with van der Waals surface area (Å²) in [7, 11) is 0. The molecule has 1 aromatic heterocycles. The van der Waals surface area contributed by atoms with Gasteiger partial charge in [-0.2, -0.15) is 11.8 Å². The number of aryl methyl sites for hydroxylation is 1. The predicted molar refractivity (Wildman–Crippen MR) is 82.6 cm³/mol. The maximum absolute atomic E-state index is 6.05.